The lowest BCUT2D eigenvalue weighted by Crippen LogP contribution is -2.46. The van der Waals surface area contributed by atoms with Crippen molar-refractivity contribution in [3.8, 4) is 0 Å². The fourth-order valence-electron chi connectivity index (χ4n) is 3.81. The number of piperazine rings is 1. The van der Waals surface area contributed by atoms with Crippen LogP contribution in [0.2, 0.25) is 0 Å². The van der Waals surface area contributed by atoms with Gasteiger partial charge in [-0.3, -0.25) is 9.69 Å². The first-order chi connectivity index (χ1) is 14.5. The Kier molecular flexibility index (Phi) is 6.16. The zero-order valence-corrected chi connectivity index (χ0v) is 18.1. The number of halogens is 1. The molecule has 4 rings (SSSR count). The summed E-state index contributed by atoms with van der Waals surface area (Å²) in [7, 11) is 0. The van der Waals surface area contributed by atoms with Crippen molar-refractivity contribution in [2.24, 2.45) is 0 Å². The minimum Gasteiger partial charge on any atom is -0.367 e. The van der Waals surface area contributed by atoms with E-state index in [1.807, 2.05) is 42.5 Å². The number of nitrogens with zero attached hydrogens (tertiary/aromatic N) is 2. The number of aryl methyl sites for hydroxylation is 1. The van der Waals surface area contributed by atoms with Crippen LogP contribution in [0, 0.1) is 19.7 Å². The predicted molar refractivity (Wildman–Crippen MR) is 122 cm³/mol. The Morgan fingerprint density at radius 2 is 1.67 bits per heavy atom. The van der Waals surface area contributed by atoms with Gasteiger partial charge in [0.2, 0.25) is 0 Å². The van der Waals surface area contributed by atoms with E-state index in [0.717, 1.165) is 37.7 Å². The summed E-state index contributed by atoms with van der Waals surface area (Å²) >= 11 is 1.63. The van der Waals surface area contributed by atoms with Crippen molar-refractivity contribution in [2.75, 3.05) is 36.4 Å². The highest BCUT2D eigenvalue weighted by atomic mass is 32.1. The smallest absolute Gasteiger partial charge is 0.256 e. The summed E-state index contributed by atoms with van der Waals surface area (Å²) in [5.74, 6) is -0.247. The Morgan fingerprint density at radius 1 is 1.00 bits per heavy atom. The molecule has 1 saturated heterocycles. The van der Waals surface area contributed by atoms with Gasteiger partial charge in [-0.2, -0.15) is 0 Å². The third-order valence-electron chi connectivity index (χ3n) is 5.72. The summed E-state index contributed by atoms with van der Waals surface area (Å²) < 4.78 is 14.1. The molecule has 1 N–H and O–H groups in total. The lowest BCUT2D eigenvalue weighted by Gasteiger charge is -2.36. The summed E-state index contributed by atoms with van der Waals surface area (Å²) in [6, 6.07) is 16.3. The maximum atomic E-state index is 14.1. The molecular formula is C24H26FN3OS. The van der Waals surface area contributed by atoms with Gasteiger partial charge in [0.05, 0.1) is 5.69 Å². The molecule has 0 radical (unpaired) electrons. The topological polar surface area (TPSA) is 35.6 Å². The molecule has 30 heavy (non-hydrogen) atoms. The van der Waals surface area contributed by atoms with E-state index >= 15 is 0 Å². The van der Waals surface area contributed by atoms with Crippen LogP contribution in [0.25, 0.3) is 0 Å². The largest absolute Gasteiger partial charge is 0.367 e. The molecule has 2 heterocycles. The molecule has 3 aromatic rings. The van der Waals surface area contributed by atoms with Gasteiger partial charge in [-0.25, -0.2) is 4.39 Å². The minimum atomic E-state index is -0.166. The van der Waals surface area contributed by atoms with Gasteiger partial charge >= 0.3 is 0 Å². The van der Waals surface area contributed by atoms with Gasteiger partial charge < -0.3 is 10.2 Å². The molecule has 1 aliphatic heterocycles. The van der Waals surface area contributed by atoms with Crippen molar-refractivity contribution in [3.63, 3.8) is 0 Å². The first-order valence-corrected chi connectivity index (χ1v) is 11.0. The summed E-state index contributed by atoms with van der Waals surface area (Å²) in [4.78, 5) is 18.4. The molecule has 1 aromatic heterocycles. The Balaban J connectivity index is 1.44. The average Bonchev–Trinajstić information content (AvgIpc) is 3.03. The molecule has 4 nitrogen and oxygen atoms in total. The summed E-state index contributed by atoms with van der Waals surface area (Å²) in [5, 5.41) is 4.04. The van der Waals surface area contributed by atoms with Crippen molar-refractivity contribution in [1.29, 1.82) is 0 Å². The van der Waals surface area contributed by atoms with E-state index in [1.54, 1.807) is 17.4 Å². The highest BCUT2D eigenvalue weighted by molar-refractivity contribution is 7.16. The number of nitrogens with one attached hydrogen (secondary N) is 1. The second-order valence-electron chi connectivity index (χ2n) is 7.63. The number of carbonyl (C=O) groups is 1. The maximum Gasteiger partial charge on any atom is 0.256 e. The van der Waals surface area contributed by atoms with Gasteiger partial charge in [0.15, 0.2) is 0 Å². The van der Waals surface area contributed by atoms with Crippen LogP contribution in [0.5, 0.6) is 0 Å². The van der Waals surface area contributed by atoms with E-state index < -0.39 is 0 Å². The standard InChI is InChI=1S/C24H26FN3OS/c1-17-18(2)30-24(26-23(29)19-8-4-3-5-9-19)20(17)16-27-12-14-28(15-13-27)22-11-7-6-10-21(22)25/h3-11H,12-16H2,1-2H3,(H,26,29). The average molecular weight is 424 g/mol. The molecule has 0 bridgehead atoms. The van der Waals surface area contributed by atoms with Crippen LogP contribution in [-0.2, 0) is 6.54 Å². The van der Waals surface area contributed by atoms with E-state index in [2.05, 4.69) is 29.0 Å². The van der Waals surface area contributed by atoms with Gasteiger partial charge in [-0.05, 0) is 43.7 Å². The number of anilines is 2. The number of benzene rings is 2. The highest BCUT2D eigenvalue weighted by Crippen LogP contribution is 2.34. The molecule has 6 heteroatoms. The fourth-order valence-corrected chi connectivity index (χ4v) is 4.88. The highest BCUT2D eigenvalue weighted by Gasteiger charge is 2.23. The normalized spacial score (nSPS) is 14.7. The van der Waals surface area contributed by atoms with Crippen LogP contribution < -0.4 is 10.2 Å². The fraction of sp³-hybridized carbons (Fsp3) is 0.292. The Bertz CT molecular complexity index is 1030. The first kappa shape index (κ1) is 20.6. The predicted octanol–water partition coefficient (Wildman–Crippen LogP) is 5.08. The number of amides is 1. The molecule has 0 saturated carbocycles. The zero-order valence-electron chi connectivity index (χ0n) is 17.3. The van der Waals surface area contributed by atoms with Gasteiger partial charge in [-0.15, -0.1) is 11.3 Å². The molecule has 1 fully saturated rings. The molecule has 0 atom stereocenters. The number of hydrogen-bond donors (Lipinski definition) is 1. The number of rotatable bonds is 5. The number of thiophene rings is 1. The van der Waals surface area contributed by atoms with Gasteiger partial charge in [0.25, 0.3) is 5.91 Å². The first-order valence-electron chi connectivity index (χ1n) is 10.2. The summed E-state index contributed by atoms with van der Waals surface area (Å²) in [6.45, 7) is 8.28. The minimum absolute atomic E-state index is 0.0810. The van der Waals surface area contributed by atoms with Crippen molar-refractivity contribution in [2.45, 2.75) is 20.4 Å². The Morgan fingerprint density at radius 3 is 2.37 bits per heavy atom. The quantitative estimate of drug-likeness (QED) is 0.622. The van der Waals surface area contributed by atoms with Crippen LogP contribution in [0.1, 0.15) is 26.4 Å². The molecule has 2 aromatic carbocycles. The van der Waals surface area contributed by atoms with E-state index in [1.165, 1.54) is 22.1 Å². The zero-order chi connectivity index (χ0) is 21.1. The second kappa shape index (κ2) is 8.98. The molecule has 1 amide bonds. The van der Waals surface area contributed by atoms with Crippen LogP contribution in [-0.4, -0.2) is 37.0 Å². The van der Waals surface area contributed by atoms with Crippen LogP contribution in [0.15, 0.2) is 54.6 Å². The molecule has 0 aliphatic carbocycles. The van der Waals surface area contributed by atoms with Gasteiger partial charge in [0, 0.05) is 48.7 Å². The molecule has 0 spiro atoms. The van der Waals surface area contributed by atoms with E-state index in [0.29, 0.717) is 11.3 Å². The van der Waals surface area contributed by atoms with E-state index in [9.17, 15) is 9.18 Å². The lowest BCUT2D eigenvalue weighted by atomic mass is 10.1. The molecular weight excluding hydrogens is 397 g/mol. The third kappa shape index (κ3) is 4.40. The Labute approximate surface area is 180 Å². The lowest BCUT2D eigenvalue weighted by molar-refractivity contribution is 0.102. The number of para-hydroxylation sites is 1. The van der Waals surface area contributed by atoms with Gasteiger partial charge in [-0.1, -0.05) is 30.3 Å². The maximum absolute atomic E-state index is 14.1. The second-order valence-corrected chi connectivity index (χ2v) is 8.85. The van der Waals surface area contributed by atoms with Crippen LogP contribution in [0.4, 0.5) is 15.1 Å². The summed E-state index contributed by atoms with van der Waals surface area (Å²) in [6.07, 6.45) is 0. The number of carbonyl (C=O) groups excluding carboxylic acids is 1. The van der Waals surface area contributed by atoms with Crippen LogP contribution in [0.3, 0.4) is 0 Å². The third-order valence-corrected chi connectivity index (χ3v) is 6.89. The van der Waals surface area contributed by atoms with Crippen molar-refractivity contribution in [1.82, 2.24) is 4.90 Å². The monoisotopic (exact) mass is 423 g/mol. The van der Waals surface area contributed by atoms with E-state index in [4.69, 9.17) is 0 Å². The SMILES string of the molecule is Cc1sc(NC(=O)c2ccccc2)c(CN2CCN(c3ccccc3F)CC2)c1C. The molecule has 156 valence electrons. The van der Waals surface area contributed by atoms with Crippen molar-refractivity contribution >= 4 is 27.9 Å². The van der Waals surface area contributed by atoms with E-state index in [-0.39, 0.29) is 11.7 Å². The molecule has 0 unspecified atom stereocenters. The molecule has 1 aliphatic rings. The van der Waals surface area contributed by atoms with Gasteiger partial charge in [0.1, 0.15) is 10.8 Å². The summed E-state index contributed by atoms with van der Waals surface area (Å²) in [5.41, 5.74) is 3.75. The van der Waals surface area contributed by atoms with Crippen molar-refractivity contribution in [3.05, 3.63) is 82.0 Å². The number of hydrogen-bond acceptors (Lipinski definition) is 4. The van der Waals surface area contributed by atoms with Crippen molar-refractivity contribution < 1.29 is 9.18 Å². The Hall–Kier alpha value is -2.70. The van der Waals surface area contributed by atoms with Crippen LogP contribution >= 0.6 is 11.3 Å².